The van der Waals surface area contributed by atoms with E-state index in [1.54, 1.807) is 6.08 Å². The second-order valence-electron chi connectivity index (χ2n) is 13.0. The molecule has 1 aliphatic heterocycles. The second kappa shape index (κ2) is 20.2. The lowest BCUT2D eigenvalue weighted by Crippen LogP contribution is -2.46. The monoisotopic (exact) mass is 897 g/mol. The number of nitrogens with two attached hydrogens (primary N) is 1. The quantitative estimate of drug-likeness (QED) is 0.0396. The third kappa shape index (κ3) is 14.1. The van der Waals surface area contributed by atoms with Gasteiger partial charge in [-0.3, -0.25) is 32.5 Å². The molecule has 3 heterocycles. The van der Waals surface area contributed by atoms with Gasteiger partial charge < -0.3 is 50.9 Å². The number of phosphoric ester groups is 3. The molecule has 2 aromatic heterocycles. The Morgan fingerprint density at radius 1 is 1.03 bits per heavy atom. The van der Waals surface area contributed by atoms with Crippen LogP contribution >= 0.6 is 35.2 Å². The van der Waals surface area contributed by atoms with Crippen LogP contribution in [0.2, 0.25) is 0 Å². The molecule has 58 heavy (non-hydrogen) atoms. The van der Waals surface area contributed by atoms with E-state index >= 15 is 0 Å². The minimum atomic E-state index is -5.58. The van der Waals surface area contributed by atoms with Gasteiger partial charge in [-0.05, 0) is 11.6 Å². The SMILES string of the molecule is CC(C)(COP(=O)(O)OP(=O)(O)OC[C@H]1O[C@@H](n2cnc3c(N)ncnc32)[C@H](O)[C@@H]1OP(=O)(O)O)C(O)C(=O)NCCC(=O)NCCSC(=O)C=Cc1ccccc1. The smallest absolute Gasteiger partial charge is 0.386 e. The van der Waals surface area contributed by atoms with Gasteiger partial charge in [0.25, 0.3) is 0 Å². The zero-order valence-electron chi connectivity index (χ0n) is 30.6. The van der Waals surface area contributed by atoms with Crippen molar-refractivity contribution in [1.82, 2.24) is 30.2 Å². The third-order valence-electron chi connectivity index (χ3n) is 7.96. The van der Waals surface area contributed by atoms with E-state index in [9.17, 15) is 57.9 Å². The summed E-state index contributed by atoms with van der Waals surface area (Å²) in [6, 6.07) is 9.21. The minimum Gasteiger partial charge on any atom is -0.386 e. The van der Waals surface area contributed by atoms with Crippen molar-refractivity contribution in [1.29, 1.82) is 0 Å². The molecule has 0 bridgehead atoms. The summed E-state index contributed by atoms with van der Waals surface area (Å²) in [6.07, 6.45) is -3.86. The molecule has 10 N–H and O–H groups in total. The van der Waals surface area contributed by atoms with Crippen molar-refractivity contribution in [2.75, 3.05) is 37.8 Å². The number of carbonyl (C=O) groups is 3. The average Bonchev–Trinajstić information content (AvgIpc) is 3.71. The zero-order valence-corrected chi connectivity index (χ0v) is 34.1. The van der Waals surface area contributed by atoms with Crippen LogP contribution in [0.25, 0.3) is 17.2 Å². The van der Waals surface area contributed by atoms with Crippen LogP contribution < -0.4 is 16.4 Å². The lowest BCUT2D eigenvalue weighted by Gasteiger charge is -2.30. The van der Waals surface area contributed by atoms with E-state index in [1.165, 1.54) is 19.9 Å². The summed E-state index contributed by atoms with van der Waals surface area (Å²) in [5, 5.41) is 26.2. The Morgan fingerprint density at radius 3 is 2.41 bits per heavy atom. The first-order valence-corrected chi connectivity index (χ1v) is 22.4. The molecule has 7 atom stereocenters. The number of rotatable bonds is 21. The maximum atomic E-state index is 12.7. The van der Waals surface area contributed by atoms with Crippen molar-refractivity contribution in [2.24, 2.45) is 5.41 Å². The molecule has 3 unspecified atom stereocenters. The average molecular weight is 898 g/mol. The Labute approximate surface area is 334 Å². The van der Waals surface area contributed by atoms with Gasteiger partial charge in [0.15, 0.2) is 17.7 Å². The molecule has 0 radical (unpaired) electrons. The summed E-state index contributed by atoms with van der Waals surface area (Å²) >= 11 is 1.00. The van der Waals surface area contributed by atoms with Gasteiger partial charge in [0.2, 0.25) is 16.9 Å². The standard InChI is InChI=1S/C30H42N7O17P3S/c1-30(2,25(41)28(42)33-11-10-20(38)32-12-13-58-21(39)9-8-18-6-4-3-5-7-18)15-51-57(48,49)54-56(46,47)50-14-19-24(53-55(43,44)45)23(40)29(52-19)37-17-36-22-26(31)34-16-35-27(22)37/h3-9,16-17,19,23-25,29,40-41H,10-15H2,1-2H3,(H,32,38)(H,33,42)(H,46,47)(H,48,49)(H2,31,34,35)(H2,43,44,45)/t19-,23-,24-,25?,29-/m1/s1. The number of benzene rings is 1. The number of anilines is 1. The Kier molecular flexibility index (Phi) is 16.4. The molecule has 3 aromatic rings. The number of aromatic nitrogens is 4. The fourth-order valence-corrected chi connectivity index (χ4v) is 8.46. The number of ether oxygens (including phenoxy) is 1. The Morgan fingerprint density at radius 2 is 1.72 bits per heavy atom. The van der Waals surface area contributed by atoms with Crippen molar-refractivity contribution >= 4 is 75.2 Å². The second-order valence-corrected chi connectivity index (χ2v) is 18.3. The highest BCUT2D eigenvalue weighted by Gasteiger charge is 2.50. The van der Waals surface area contributed by atoms with Crippen LogP contribution in [0, 0.1) is 5.41 Å². The Hall–Kier alpha value is -3.48. The minimum absolute atomic E-state index is 0.0285. The van der Waals surface area contributed by atoms with Crippen molar-refractivity contribution < 1.29 is 80.5 Å². The van der Waals surface area contributed by atoms with E-state index in [1.807, 2.05) is 30.3 Å². The molecule has 24 nitrogen and oxygen atoms in total. The molecular formula is C30H42N7O17P3S. The molecular weight excluding hydrogens is 855 g/mol. The van der Waals surface area contributed by atoms with Crippen molar-refractivity contribution in [3.8, 4) is 0 Å². The van der Waals surface area contributed by atoms with Crippen LogP contribution in [0.4, 0.5) is 5.82 Å². The molecule has 2 amide bonds. The molecule has 0 saturated carbocycles. The number of nitrogen functional groups attached to an aromatic ring is 1. The van der Waals surface area contributed by atoms with Crippen LogP contribution in [0.5, 0.6) is 0 Å². The van der Waals surface area contributed by atoms with Gasteiger partial charge >= 0.3 is 23.5 Å². The van der Waals surface area contributed by atoms with Crippen LogP contribution in [-0.4, -0.2) is 123 Å². The Bertz CT molecular complexity index is 2090. The first kappa shape index (κ1) is 47.2. The van der Waals surface area contributed by atoms with E-state index in [0.717, 1.165) is 34.5 Å². The summed E-state index contributed by atoms with van der Waals surface area (Å²) < 4.78 is 62.1. The largest absolute Gasteiger partial charge is 0.481 e. The van der Waals surface area contributed by atoms with Crippen LogP contribution in [-0.2, 0) is 50.7 Å². The summed E-state index contributed by atoms with van der Waals surface area (Å²) in [7, 11) is -16.4. The fourth-order valence-electron chi connectivity index (χ4n) is 5.06. The summed E-state index contributed by atoms with van der Waals surface area (Å²) in [6.45, 7) is 0.432. The molecule has 4 rings (SSSR count). The number of nitrogens with zero attached hydrogens (tertiary/aromatic N) is 4. The molecule has 320 valence electrons. The van der Waals surface area contributed by atoms with Crippen LogP contribution in [0.3, 0.4) is 0 Å². The molecule has 0 aliphatic carbocycles. The molecule has 1 aromatic carbocycles. The van der Waals surface area contributed by atoms with Crippen molar-refractivity contribution in [2.45, 2.75) is 50.9 Å². The first-order chi connectivity index (χ1) is 27.1. The highest BCUT2D eigenvalue weighted by molar-refractivity contribution is 8.14. The number of thioether (sulfide) groups is 1. The van der Waals surface area contributed by atoms with Crippen LogP contribution in [0.15, 0.2) is 49.1 Å². The molecule has 28 heteroatoms. The highest BCUT2D eigenvalue weighted by atomic mass is 32.2. The number of nitrogens with one attached hydrogen (secondary N) is 2. The van der Waals surface area contributed by atoms with Gasteiger partial charge in [0.05, 0.1) is 19.5 Å². The third-order valence-corrected chi connectivity index (χ3v) is 11.9. The van der Waals surface area contributed by atoms with Gasteiger partial charge in [-0.15, -0.1) is 0 Å². The topological polar surface area (TPSA) is 364 Å². The van der Waals surface area contributed by atoms with Gasteiger partial charge in [0.1, 0.15) is 36.3 Å². The van der Waals surface area contributed by atoms with E-state index < -0.39 is 84.6 Å². The van der Waals surface area contributed by atoms with E-state index in [2.05, 4.69) is 34.4 Å². The van der Waals surface area contributed by atoms with E-state index in [-0.39, 0.29) is 41.6 Å². The number of aliphatic hydroxyl groups is 2. The van der Waals surface area contributed by atoms with Gasteiger partial charge in [-0.2, -0.15) is 4.31 Å². The molecule has 1 fully saturated rings. The number of amides is 2. The van der Waals surface area contributed by atoms with Gasteiger partial charge in [0, 0.05) is 30.7 Å². The Balaban J connectivity index is 1.21. The number of aliphatic hydroxyl groups excluding tert-OH is 2. The number of hydrogen-bond donors (Lipinski definition) is 9. The maximum absolute atomic E-state index is 12.7. The predicted molar refractivity (Wildman–Crippen MR) is 203 cm³/mol. The van der Waals surface area contributed by atoms with Gasteiger partial charge in [-0.25, -0.2) is 28.6 Å². The highest BCUT2D eigenvalue weighted by Crippen LogP contribution is 2.61. The van der Waals surface area contributed by atoms with Crippen LogP contribution in [0.1, 0.15) is 32.1 Å². The number of fused-ring (bicyclic) bond motifs is 1. The molecule has 1 saturated heterocycles. The number of imidazole rings is 1. The number of hydrogen-bond acceptors (Lipinski definition) is 18. The zero-order chi connectivity index (χ0) is 42.9. The summed E-state index contributed by atoms with van der Waals surface area (Å²) in [4.78, 5) is 87.7. The lowest BCUT2D eigenvalue weighted by atomic mass is 9.87. The first-order valence-electron chi connectivity index (χ1n) is 16.9. The summed E-state index contributed by atoms with van der Waals surface area (Å²) in [5.74, 6) is -1.18. The van der Waals surface area contributed by atoms with Gasteiger partial charge in [-0.1, -0.05) is 62.0 Å². The predicted octanol–water partition coefficient (Wildman–Crippen LogP) is 0.378. The molecule has 1 aliphatic rings. The normalized spacial score (nSPS) is 21.4. The van der Waals surface area contributed by atoms with Crippen molar-refractivity contribution in [3.05, 3.63) is 54.6 Å². The van der Waals surface area contributed by atoms with Crippen molar-refractivity contribution in [3.63, 3.8) is 0 Å². The van der Waals surface area contributed by atoms with E-state index in [4.69, 9.17) is 19.5 Å². The number of phosphoric acid groups is 3. The lowest BCUT2D eigenvalue weighted by molar-refractivity contribution is -0.137. The summed E-state index contributed by atoms with van der Waals surface area (Å²) in [5.41, 5.74) is 5.11. The fraction of sp³-hybridized carbons (Fsp3) is 0.467. The van der Waals surface area contributed by atoms with E-state index in [0.29, 0.717) is 5.75 Å². The maximum Gasteiger partial charge on any atom is 0.481 e. The molecule has 0 spiro atoms. The number of carbonyl (C=O) groups excluding carboxylic acids is 3.